The predicted octanol–water partition coefficient (Wildman–Crippen LogP) is 3.96. The summed E-state index contributed by atoms with van der Waals surface area (Å²) in [4.78, 5) is 20.1. The van der Waals surface area contributed by atoms with Crippen molar-refractivity contribution in [2.24, 2.45) is 10.9 Å². The van der Waals surface area contributed by atoms with Crippen molar-refractivity contribution in [3.05, 3.63) is 48.2 Å². The second-order valence-electron chi connectivity index (χ2n) is 6.92. The molecule has 5 nitrogen and oxygen atoms in total. The number of hydrogen-bond acceptors (Lipinski definition) is 3. The summed E-state index contributed by atoms with van der Waals surface area (Å²) in [5, 5.41) is 4.17. The van der Waals surface area contributed by atoms with E-state index >= 15 is 0 Å². The highest BCUT2D eigenvalue weighted by molar-refractivity contribution is 6.06. The Morgan fingerprint density at radius 1 is 1.23 bits per heavy atom. The lowest BCUT2D eigenvalue weighted by Crippen LogP contribution is -2.31. The number of methoxy groups -OCH3 is 1. The van der Waals surface area contributed by atoms with Crippen LogP contribution in [0.1, 0.15) is 18.4 Å². The normalized spacial score (nSPS) is 15.7. The fourth-order valence-electron chi connectivity index (χ4n) is 3.56. The van der Waals surface area contributed by atoms with Gasteiger partial charge in [0.25, 0.3) is 0 Å². The first-order valence-electron chi connectivity index (χ1n) is 8.89. The van der Waals surface area contributed by atoms with E-state index in [0.29, 0.717) is 12.3 Å². The summed E-state index contributed by atoms with van der Waals surface area (Å²) in [7, 11) is 1.67. The van der Waals surface area contributed by atoms with Crippen LogP contribution in [0.2, 0.25) is 0 Å². The van der Waals surface area contributed by atoms with Gasteiger partial charge in [-0.1, -0.05) is 12.1 Å². The van der Waals surface area contributed by atoms with Gasteiger partial charge in [-0.2, -0.15) is 0 Å². The summed E-state index contributed by atoms with van der Waals surface area (Å²) >= 11 is 0. The van der Waals surface area contributed by atoms with Crippen LogP contribution in [-0.2, 0) is 11.2 Å². The maximum absolute atomic E-state index is 12.1. The lowest BCUT2D eigenvalue weighted by Gasteiger charge is -2.11. The molecule has 5 heteroatoms. The van der Waals surface area contributed by atoms with E-state index in [0.717, 1.165) is 46.5 Å². The van der Waals surface area contributed by atoms with Crippen LogP contribution in [-0.4, -0.2) is 23.8 Å². The molecule has 0 spiro atoms. The van der Waals surface area contributed by atoms with E-state index in [4.69, 9.17) is 9.73 Å². The lowest BCUT2D eigenvalue weighted by molar-refractivity contribution is -0.120. The number of hydrogen-bond donors (Lipinski definition) is 2. The summed E-state index contributed by atoms with van der Waals surface area (Å²) in [6.07, 6.45) is 4.50. The van der Waals surface area contributed by atoms with Gasteiger partial charge in [0.05, 0.1) is 12.8 Å². The average molecular weight is 345 g/mol. The Bertz CT molecular complexity index is 1060. The van der Waals surface area contributed by atoms with Crippen molar-refractivity contribution in [1.82, 2.24) is 10.3 Å². The van der Waals surface area contributed by atoms with Gasteiger partial charge < -0.3 is 15.0 Å². The van der Waals surface area contributed by atoms with Crippen LogP contribution in [0.5, 0.6) is 5.75 Å². The highest BCUT2D eigenvalue weighted by atomic mass is 16.5. The number of nitrogens with zero attached hydrogens (tertiary/aromatic N) is 1. The molecular formula is C21H19N3O2. The van der Waals surface area contributed by atoms with Crippen LogP contribution in [0.3, 0.4) is 0 Å². The zero-order valence-corrected chi connectivity index (χ0v) is 14.5. The van der Waals surface area contributed by atoms with E-state index in [1.54, 1.807) is 7.11 Å². The molecule has 1 fully saturated rings. The molecule has 0 atom stereocenters. The molecule has 2 aliphatic rings. The van der Waals surface area contributed by atoms with E-state index in [1.807, 2.05) is 18.3 Å². The summed E-state index contributed by atoms with van der Waals surface area (Å²) in [5.74, 6) is 1.77. The Labute approximate surface area is 151 Å². The van der Waals surface area contributed by atoms with Gasteiger partial charge in [-0.05, 0) is 48.1 Å². The second-order valence-corrected chi connectivity index (χ2v) is 6.92. The van der Waals surface area contributed by atoms with Gasteiger partial charge in [-0.15, -0.1) is 0 Å². The van der Waals surface area contributed by atoms with Gasteiger partial charge in [-0.25, -0.2) is 4.99 Å². The third-order valence-corrected chi connectivity index (χ3v) is 5.13. The molecule has 1 aromatic heterocycles. The van der Waals surface area contributed by atoms with Crippen molar-refractivity contribution in [2.75, 3.05) is 7.11 Å². The molecule has 0 saturated heterocycles. The van der Waals surface area contributed by atoms with Crippen LogP contribution in [0.4, 0.5) is 5.69 Å². The number of aliphatic imine (C=N–C) groups is 1. The molecule has 0 unspecified atom stereocenters. The topological polar surface area (TPSA) is 66.5 Å². The van der Waals surface area contributed by atoms with Crippen LogP contribution in [0.15, 0.2) is 47.6 Å². The van der Waals surface area contributed by atoms with Crippen LogP contribution >= 0.6 is 0 Å². The van der Waals surface area contributed by atoms with Gasteiger partial charge >= 0.3 is 0 Å². The fraction of sp³-hybridized carbons (Fsp3) is 0.238. The molecule has 0 radical (unpaired) electrons. The van der Waals surface area contributed by atoms with Gasteiger partial charge in [0.1, 0.15) is 11.6 Å². The summed E-state index contributed by atoms with van der Waals surface area (Å²) < 4.78 is 5.53. The monoisotopic (exact) mass is 345 g/mol. The number of amides is 1. The smallest absolute Gasteiger partial charge is 0.228 e. The third kappa shape index (κ3) is 2.47. The molecule has 2 heterocycles. The van der Waals surface area contributed by atoms with E-state index in [9.17, 15) is 4.79 Å². The number of benzene rings is 2. The molecule has 1 aliphatic carbocycles. The highest BCUT2D eigenvalue weighted by Crippen LogP contribution is 2.42. The van der Waals surface area contributed by atoms with Crippen LogP contribution < -0.4 is 10.1 Å². The van der Waals surface area contributed by atoms with Crippen molar-refractivity contribution in [1.29, 1.82) is 0 Å². The van der Waals surface area contributed by atoms with Crippen molar-refractivity contribution in [3.63, 3.8) is 0 Å². The van der Waals surface area contributed by atoms with Gasteiger partial charge in [0.15, 0.2) is 0 Å². The zero-order valence-electron chi connectivity index (χ0n) is 14.5. The Morgan fingerprint density at radius 3 is 2.92 bits per heavy atom. The maximum atomic E-state index is 12.1. The van der Waals surface area contributed by atoms with Gasteiger partial charge in [-0.3, -0.25) is 4.79 Å². The van der Waals surface area contributed by atoms with E-state index in [2.05, 4.69) is 34.6 Å². The van der Waals surface area contributed by atoms with Crippen molar-refractivity contribution >= 4 is 28.3 Å². The average Bonchev–Trinajstić information content (AvgIpc) is 3.26. The third-order valence-electron chi connectivity index (χ3n) is 5.13. The zero-order chi connectivity index (χ0) is 17.7. The number of ether oxygens (including phenoxy) is 1. The summed E-state index contributed by atoms with van der Waals surface area (Å²) in [6, 6.07) is 12.4. The molecule has 26 heavy (non-hydrogen) atoms. The van der Waals surface area contributed by atoms with Crippen LogP contribution in [0.25, 0.3) is 22.0 Å². The first-order valence-corrected chi connectivity index (χ1v) is 8.89. The Morgan fingerprint density at radius 2 is 2.12 bits per heavy atom. The first kappa shape index (κ1) is 15.2. The van der Waals surface area contributed by atoms with E-state index in [-0.39, 0.29) is 11.8 Å². The SMILES string of the molecule is COc1ccc(-c2ccc3cc[nH]c3c2)c2c1CC(NC(=O)C1CC1)=N2. The molecule has 1 aliphatic heterocycles. The number of aromatic nitrogens is 1. The van der Waals surface area contributed by atoms with Crippen molar-refractivity contribution in [3.8, 4) is 16.9 Å². The number of carbonyl (C=O) groups excluding carboxylic acids is 1. The standard InChI is InChI=1S/C21H19N3O2/c1-26-18-7-6-15(14-5-2-12-8-9-22-17(12)10-14)20-16(18)11-19(23-20)24-21(25)13-3-4-13/h2,5-10,13,22H,3-4,11H2,1H3,(H,23,24,25). The molecule has 2 aromatic carbocycles. The molecule has 130 valence electrons. The lowest BCUT2D eigenvalue weighted by atomic mass is 9.98. The van der Waals surface area contributed by atoms with Crippen LogP contribution in [0, 0.1) is 5.92 Å². The fourth-order valence-corrected chi connectivity index (χ4v) is 3.56. The Hall–Kier alpha value is -3.08. The molecule has 2 N–H and O–H groups in total. The Balaban J connectivity index is 1.57. The molecule has 3 aromatic rings. The largest absolute Gasteiger partial charge is 0.496 e. The number of nitrogens with one attached hydrogen (secondary N) is 2. The number of aromatic amines is 1. The summed E-state index contributed by atoms with van der Waals surface area (Å²) in [5.41, 5.74) is 5.16. The maximum Gasteiger partial charge on any atom is 0.228 e. The van der Waals surface area contributed by atoms with E-state index in [1.165, 1.54) is 5.39 Å². The minimum Gasteiger partial charge on any atom is -0.496 e. The Kier molecular flexibility index (Phi) is 3.35. The molecule has 0 bridgehead atoms. The molecular weight excluding hydrogens is 326 g/mol. The minimum absolute atomic E-state index is 0.0879. The number of rotatable bonds is 3. The van der Waals surface area contributed by atoms with Gasteiger partial charge in [0.2, 0.25) is 5.91 Å². The predicted molar refractivity (Wildman–Crippen MR) is 102 cm³/mol. The number of amidine groups is 1. The number of H-pyrrole nitrogens is 1. The summed E-state index contributed by atoms with van der Waals surface area (Å²) in [6.45, 7) is 0. The molecule has 1 amide bonds. The van der Waals surface area contributed by atoms with E-state index < -0.39 is 0 Å². The number of fused-ring (bicyclic) bond motifs is 2. The first-order chi connectivity index (χ1) is 12.7. The van der Waals surface area contributed by atoms with Crippen molar-refractivity contribution < 1.29 is 9.53 Å². The quantitative estimate of drug-likeness (QED) is 0.755. The minimum atomic E-state index is 0.0879. The second kappa shape index (κ2) is 5.73. The van der Waals surface area contributed by atoms with Crippen molar-refractivity contribution in [2.45, 2.75) is 19.3 Å². The molecule has 1 saturated carbocycles. The number of carbonyl (C=O) groups is 1. The molecule has 5 rings (SSSR count). The van der Waals surface area contributed by atoms with Gasteiger partial charge in [0, 0.05) is 35.2 Å². The highest BCUT2D eigenvalue weighted by Gasteiger charge is 2.32.